The van der Waals surface area contributed by atoms with E-state index >= 15 is 0 Å². The molecule has 0 atom stereocenters. The summed E-state index contributed by atoms with van der Waals surface area (Å²) in [5.41, 5.74) is 0. The van der Waals surface area contributed by atoms with E-state index in [4.69, 9.17) is 5.11 Å². The summed E-state index contributed by atoms with van der Waals surface area (Å²) in [5, 5.41) is 9.28. The van der Waals surface area contributed by atoms with Crippen molar-refractivity contribution in [3.05, 3.63) is 0 Å². The van der Waals surface area contributed by atoms with Crippen molar-refractivity contribution in [2.75, 3.05) is 12.4 Å². The van der Waals surface area contributed by atoms with Gasteiger partial charge in [0.05, 0.1) is 0 Å². The second-order valence-corrected chi connectivity index (χ2v) is 4.74. The minimum atomic E-state index is 0.358. The normalized spacial score (nSPS) is 10.9. The minimum absolute atomic E-state index is 0.358. The monoisotopic (exact) mass is 176 g/mol. The summed E-state index contributed by atoms with van der Waals surface area (Å²) in [6.07, 6.45) is 4.75. The third-order valence-electron chi connectivity index (χ3n) is 1.50. The first-order chi connectivity index (χ1) is 5.27. The van der Waals surface area contributed by atoms with E-state index in [0.29, 0.717) is 6.61 Å². The van der Waals surface area contributed by atoms with Crippen LogP contribution in [0.4, 0.5) is 0 Å². The molecule has 0 aliphatic heterocycles. The number of unbranched alkanes of at least 4 members (excludes halogenated alkanes) is 3. The first-order valence-electron chi connectivity index (χ1n) is 4.50. The standard InChI is InChI=1S/C9H20OS/c1-9(2)11-8-6-4-3-5-7-10/h9-10H,3-8H2,1-2H3. The van der Waals surface area contributed by atoms with Gasteiger partial charge in [-0.25, -0.2) is 0 Å². The second kappa shape index (κ2) is 8.41. The molecule has 0 saturated carbocycles. The van der Waals surface area contributed by atoms with Crippen molar-refractivity contribution in [2.24, 2.45) is 0 Å². The topological polar surface area (TPSA) is 20.2 Å². The lowest BCUT2D eigenvalue weighted by Gasteiger charge is -2.03. The highest BCUT2D eigenvalue weighted by molar-refractivity contribution is 7.99. The predicted molar refractivity (Wildman–Crippen MR) is 53.1 cm³/mol. The Morgan fingerprint density at radius 2 is 1.73 bits per heavy atom. The molecular weight excluding hydrogens is 156 g/mol. The molecule has 0 radical (unpaired) electrons. The molecule has 0 spiro atoms. The van der Waals surface area contributed by atoms with Gasteiger partial charge in [0.1, 0.15) is 0 Å². The number of aliphatic hydroxyl groups is 1. The van der Waals surface area contributed by atoms with Gasteiger partial charge in [0.15, 0.2) is 0 Å². The Bertz CT molecular complexity index is 74.0. The molecule has 0 bridgehead atoms. The summed E-state index contributed by atoms with van der Waals surface area (Å²) in [6, 6.07) is 0. The van der Waals surface area contributed by atoms with Gasteiger partial charge < -0.3 is 5.11 Å². The van der Waals surface area contributed by atoms with E-state index in [1.807, 2.05) is 11.8 Å². The van der Waals surface area contributed by atoms with Crippen LogP contribution in [0.2, 0.25) is 0 Å². The fourth-order valence-electron chi connectivity index (χ4n) is 0.886. The molecule has 0 aliphatic carbocycles. The highest BCUT2D eigenvalue weighted by Gasteiger charge is 1.93. The van der Waals surface area contributed by atoms with Gasteiger partial charge >= 0.3 is 0 Å². The number of aliphatic hydroxyl groups excluding tert-OH is 1. The van der Waals surface area contributed by atoms with Gasteiger partial charge in [0.25, 0.3) is 0 Å². The average Bonchev–Trinajstić information content (AvgIpc) is 1.96. The van der Waals surface area contributed by atoms with E-state index in [0.717, 1.165) is 11.7 Å². The molecule has 0 fully saturated rings. The summed E-state index contributed by atoms with van der Waals surface area (Å²) < 4.78 is 0. The lowest BCUT2D eigenvalue weighted by Crippen LogP contribution is -1.90. The van der Waals surface area contributed by atoms with E-state index in [1.54, 1.807) is 0 Å². The molecule has 0 rings (SSSR count). The first kappa shape index (κ1) is 11.3. The molecule has 2 heteroatoms. The molecular formula is C9H20OS. The van der Waals surface area contributed by atoms with Gasteiger partial charge in [0, 0.05) is 6.61 Å². The molecule has 0 aromatic carbocycles. The van der Waals surface area contributed by atoms with Crippen molar-refractivity contribution in [3.8, 4) is 0 Å². The van der Waals surface area contributed by atoms with Crippen LogP contribution in [0.15, 0.2) is 0 Å². The van der Waals surface area contributed by atoms with Crippen LogP contribution in [0.25, 0.3) is 0 Å². The van der Waals surface area contributed by atoms with Crippen LogP contribution in [-0.2, 0) is 0 Å². The summed E-state index contributed by atoms with van der Waals surface area (Å²) >= 11 is 2.03. The maximum Gasteiger partial charge on any atom is 0.0431 e. The van der Waals surface area contributed by atoms with Gasteiger partial charge in [-0.1, -0.05) is 26.7 Å². The Morgan fingerprint density at radius 1 is 1.09 bits per heavy atom. The molecule has 0 aromatic heterocycles. The van der Waals surface area contributed by atoms with Gasteiger partial charge in [-0.3, -0.25) is 0 Å². The lowest BCUT2D eigenvalue weighted by atomic mass is 10.2. The molecule has 0 saturated heterocycles. The van der Waals surface area contributed by atoms with Crippen molar-refractivity contribution < 1.29 is 5.11 Å². The zero-order valence-electron chi connectivity index (χ0n) is 7.68. The Labute approximate surface area is 74.6 Å². The van der Waals surface area contributed by atoms with Crippen LogP contribution in [0.5, 0.6) is 0 Å². The molecule has 11 heavy (non-hydrogen) atoms. The van der Waals surface area contributed by atoms with E-state index < -0.39 is 0 Å². The van der Waals surface area contributed by atoms with E-state index in [2.05, 4.69) is 13.8 Å². The molecule has 0 unspecified atom stereocenters. The lowest BCUT2D eigenvalue weighted by molar-refractivity contribution is 0.283. The Balaban J connectivity index is 2.80. The van der Waals surface area contributed by atoms with Gasteiger partial charge in [0.2, 0.25) is 0 Å². The summed E-state index contributed by atoms with van der Waals surface area (Å²) in [6.45, 7) is 4.83. The number of hydrogen-bond acceptors (Lipinski definition) is 2. The fourth-order valence-corrected chi connectivity index (χ4v) is 1.73. The largest absolute Gasteiger partial charge is 0.396 e. The van der Waals surface area contributed by atoms with Crippen molar-refractivity contribution >= 4 is 11.8 Å². The highest BCUT2D eigenvalue weighted by atomic mass is 32.2. The Morgan fingerprint density at radius 3 is 2.27 bits per heavy atom. The molecule has 1 nitrogen and oxygen atoms in total. The van der Waals surface area contributed by atoms with E-state index in [9.17, 15) is 0 Å². The second-order valence-electron chi connectivity index (χ2n) is 3.06. The van der Waals surface area contributed by atoms with Gasteiger partial charge in [-0.05, 0) is 23.8 Å². The molecule has 0 amide bonds. The van der Waals surface area contributed by atoms with Crippen LogP contribution in [0, 0.1) is 0 Å². The number of rotatable bonds is 7. The van der Waals surface area contributed by atoms with Crippen LogP contribution < -0.4 is 0 Å². The van der Waals surface area contributed by atoms with Crippen LogP contribution in [0.3, 0.4) is 0 Å². The summed E-state index contributed by atoms with van der Waals surface area (Å²) in [7, 11) is 0. The highest BCUT2D eigenvalue weighted by Crippen LogP contribution is 2.12. The van der Waals surface area contributed by atoms with E-state index in [-0.39, 0.29) is 0 Å². The van der Waals surface area contributed by atoms with Crippen LogP contribution in [-0.4, -0.2) is 22.7 Å². The van der Waals surface area contributed by atoms with Crippen molar-refractivity contribution in [3.63, 3.8) is 0 Å². The first-order valence-corrected chi connectivity index (χ1v) is 5.54. The Kier molecular flexibility index (Phi) is 8.64. The average molecular weight is 176 g/mol. The smallest absolute Gasteiger partial charge is 0.0431 e. The van der Waals surface area contributed by atoms with Gasteiger partial charge in [-0.15, -0.1) is 0 Å². The minimum Gasteiger partial charge on any atom is -0.396 e. The van der Waals surface area contributed by atoms with Crippen molar-refractivity contribution in [1.29, 1.82) is 0 Å². The predicted octanol–water partition coefficient (Wildman–Crippen LogP) is 2.68. The maximum atomic E-state index is 8.51. The zero-order chi connectivity index (χ0) is 8.53. The molecule has 0 heterocycles. The molecule has 0 aliphatic rings. The van der Waals surface area contributed by atoms with Gasteiger partial charge in [-0.2, -0.15) is 11.8 Å². The summed E-state index contributed by atoms with van der Waals surface area (Å²) in [4.78, 5) is 0. The number of hydrogen-bond donors (Lipinski definition) is 1. The van der Waals surface area contributed by atoms with Crippen molar-refractivity contribution in [1.82, 2.24) is 0 Å². The van der Waals surface area contributed by atoms with Crippen LogP contribution >= 0.6 is 11.8 Å². The van der Waals surface area contributed by atoms with Crippen molar-refractivity contribution in [2.45, 2.75) is 44.8 Å². The third kappa shape index (κ3) is 10.3. The van der Waals surface area contributed by atoms with Crippen LogP contribution in [0.1, 0.15) is 39.5 Å². The SMILES string of the molecule is CC(C)SCCCCCCO. The molecule has 1 N–H and O–H groups in total. The molecule has 68 valence electrons. The quantitative estimate of drug-likeness (QED) is 0.602. The maximum absolute atomic E-state index is 8.51. The third-order valence-corrected chi connectivity index (χ3v) is 2.69. The van der Waals surface area contributed by atoms with E-state index in [1.165, 1.54) is 25.0 Å². The fraction of sp³-hybridized carbons (Fsp3) is 1.00. The summed E-state index contributed by atoms with van der Waals surface area (Å²) in [5.74, 6) is 1.28. The number of thioether (sulfide) groups is 1. The Hall–Kier alpha value is 0.310. The zero-order valence-corrected chi connectivity index (χ0v) is 8.49. The molecule has 0 aromatic rings.